The molecule has 1 aliphatic rings. The third kappa shape index (κ3) is 4.79. The van der Waals surface area contributed by atoms with E-state index in [-0.39, 0.29) is 6.42 Å². The fraction of sp³-hybridized carbons (Fsp3) is 0.529. The third-order valence-corrected chi connectivity index (χ3v) is 6.18. The first kappa shape index (κ1) is 19.4. The lowest BCUT2D eigenvalue weighted by Crippen LogP contribution is -2.53. The van der Waals surface area contributed by atoms with Crippen LogP contribution in [0.1, 0.15) is 32.3 Å². The van der Waals surface area contributed by atoms with Crippen molar-refractivity contribution in [2.75, 3.05) is 6.54 Å². The summed E-state index contributed by atoms with van der Waals surface area (Å²) in [6, 6.07) is 7.15. The first-order valence-electron chi connectivity index (χ1n) is 8.30. The number of rotatable bonds is 7. The minimum Gasteiger partial charge on any atom is -0.480 e. The van der Waals surface area contributed by atoms with Crippen LogP contribution in [-0.2, 0) is 26.0 Å². The number of likely N-dealkylation sites (tertiary alicyclic amines) is 1. The number of hydrogen-bond donors (Lipinski definition) is 2. The number of carbonyl (C=O) groups excluding carboxylic acids is 1. The fourth-order valence-electron chi connectivity index (χ4n) is 2.85. The largest absolute Gasteiger partial charge is 0.480 e. The van der Waals surface area contributed by atoms with Gasteiger partial charge in [0.2, 0.25) is 15.9 Å². The van der Waals surface area contributed by atoms with Gasteiger partial charge in [0.05, 0.1) is 5.25 Å². The summed E-state index contributed by atoms with van der Waals surface area (Å²) >= 11 is 0. The van der Waals surface area contributed by atoms with E-state index in [0.717, 1.165) is 5.56 Å². The molecule has 2 rings (SSSR count). The van der Waals surface area contributed by atoms with Gasteiger partial charge in [0.1, 0.15) is 12.1 Å². The number of carbonyl (C=O) groups is 2. The minimum atomic E-state index is -3.67. The molecular formula is C17H24N2O5S. The Morgan fingerprint density at radius 1 is 1.28 bits per heavy atom. The van der Waals surface area contributed by atoms with Gasteiger partial charge in [-0.3, -0.25) is 4.79 Å². The molecule has 1 aliphatic heterocycles. The second-order valence-electron chi connectivity index (χ2n) is 6.48. The van der Waals surface area contributed by atoms with Gasteiger partial charge in [-0.1, -0.05) is 30.3 Å². The number of amides is 1. The van der Waals surface area contributed by atoms with E-state index in [1.165, 1.54) is 18.7 Å². The lowest BCUT2D eigenvalue weighted by atomic mass is 10.1. The van der Waals surface area contributed by atoms with Gasteiger partial charge in [0, 0.05) is 6.54 Å². The van der Waals surface area contributed by atoms with Crippen LogP contribution < -0.4 is 4.72 Å². The summed E-state index contributed by atoms with van der Waals surface area (Å²) in [5.74, 6) is -1.55. The highest BCUT2D eigenvalue weighted by molar-refractivity contribution is 7.90. The molecule has 0 unspecified atom stereocenters. The Hall–Kier alpha value is -1.93. The van der Waals surface area contributed by atoms with E-state index >= 15 is 0 Å². The molecule has 1 amide bonds. The molecule has 1 aromatic rings. The topological polar surface area (TPSA) is 104 Å². The van der Waals surface area contributed by atoms with Crippen LogP contribution in [0.2, 0.25) is 0 Å². The molecule has 0 radical (unpaired) electrons. The van der Waals surface area contributed by atoms with Gasteiger partial charge in [0.25, 0.3) is 0 Å². The van der Waals surface area contributed by atoms with Crippen LogP contribution in [0.3, 0.4) is 0 Å². The van der Waals surface area contributed by atoms with Gasteiger partial charge in [-0.15, -0.1) is 0 Å². The number of sulfonamides is 1. The van der Waals surface area contributed by atoms with E-state index in [4.69, 9.17) is 0 Å². The quantitative estimate of drug-likeness (QED) is 0.747. The molecule has 2 N–H and O–H groups in total. The number of hydrogen-bond acceptors (Lipinski definition) is 4. The fourth-order valence-corrected chi connectivity index (χ4v) is 3.70. The Kier molecular flexibility index (Phi) is 6.18. The van der Waals surface area contributed by atoms with Crippen molar-refractivity contribution in [3.05, 3.63) is 35.9 Å². The standard InChI is InChI=1S/C17H24N2O5S/c1-12(2)25(23,24)18-14(11-13-7-4-3-5-8-13)16(20)19-10-6-9-15(19)17(21)22/h3-5,7-8,12,14-15,18H,6,9-11H2,1-2H3,(H,21,22)/t14-,15+/m1/s1. The first-order valence-corrected chi connectivity index (χ1v) is 9.85. The number of aliphatic carboxylic acids is 1. The molecule has 1 aromatic carbocycles. The van der Waals surface area contributed by atoms with Crippen molar-refractivity contribution >= 4 is 21.9 Å². The molecule has 1 saturated heterocycles. The van der Waals surface area contributed by atoms with E-state index in [0.29, 0.717) is 19.4 Å². The van der Waals surface area contributed by atoms with Crippen LogP contribution in [-0.4, -0.2) is 54.2 Å². The zero-order valence-corrected chi connectivity index (χ0v) is 15.2. The Bertz CT molecular complexity index is 718. The Balaban J connectivity index is 2.27. The van der Waals surface area contributed by atoms with Crippen molar-refractivity contribution in [1.82, 2.24) is 9.62 Å². The van der Waals surface area contributed by atoms with E-state index in [2.05, 4.69) is 4.72 Å². The summed E-state index contributed by atoms with van der Waals surface area (Å²) in [7, 11) is -3.67. The van der Waals surface area contributed by atoms with Crippen LogP contribution in [0.4, 0.5) is 0 Å². The van der Waals surface area contributed by atoms with Crippen LogP contribution in [0, 0.1) is 0 Å². The predicted molar refractivity (Wildman–Crippen MR) is 93.5 cm³/mol. The Morgan fingerprint density at radius 3 is 2.48 bits per heavy atom. The molecular weight excluding hydrogens is 344 g/mol. The van der Waals surface area contributed by atoms with Crippen molar-refractivity contribution in [2.45, 2.75) is 50.4 Å². The molecule has 138 valence electrons. The Labute approximate surface area is 148 Å². The summed E-state index contributed by atoms with van der Waals surface area (Å²) in [6.07, 6.45) is 1.15. The second-order valence-corrected chi connectivity index (χ2v) is 8.75. The van der Waals surface area contributed by atoms with Gasteiger partial charge in [0.15, 0.2) is 0 Å². The average Bonchev–Trinajstić information content (AvgIpc) is 3.04. The molecule has 0 aromatic heterocycles. The maximum atomic E-state index is 12.9. The molecule has 7 nitrogen and oxygen atoms in total. The van der Waals surface area contributed by atoms with Crippen molar-refractivity contribution < 1.29 is 23.1 Å². The van der Waals surface area contributed by atoms with Crippen molar-refractivity contribution in [1.29, 1.82) is 0 Å². The number of nitrogens with zero attached hydrogens (tertiary/aromatic N) is 1. The first-order chi connectivity index (χ1) is 11.7. The van der Waals surface area contributed by atoms with Crippen LogP contribution in [0.25, 0.3) is 0 Å². The SMILES string of the molecule is CC(C)S(=O)(=O)N[C@H](Cc1ccccc1)C(=O)N1CCC[C@H]1C(=O)O. The van der Waals surface area contributed by atoms with Crippen molar-refractivity contribution in [3.63, 3.8) is 0 Å². The molecule has 0 aliphatic carbocycles. The van der Waals surface area contributed by atoms with Crippen LogP contribution >= 0.6 is 0 Å². The molecule has 8 heteroatoms. The van der Waals surface area contributed by atoms with E-state index in [1.807, 2.05) is 30.3 Å². The normalized spacial score (nSPS) is 19.2. The highest BCUT2D eigenvalue weighted by Gasteiger charge is 2.38. The van der Waals surface area contributed by atoms with Crippen LogP contribution in [0.15, 0.2) is 30.3 Å². The van der Waals surface area contributed by atoms with Crippen LogP contribution in [0.5, 0.6) is 0 Å². The highest BCUT2D eigenvalue weighted by atomic mass is 32.2. The monoisotopic (exact) mass is 368 g/mol. The van der Waals surface area contributed by atoms with E-state index in [9.17, 15) is 23.1 Å². The van der Waals surface area contributed by atoms with E-state index in [1.54, 1.807) is 0 Å². The van der Waals surface area contributed by atoms with Crippen molar-refractivity contribution in [2.24, 2.45) is 0 Å². The lowest BCUT2D eigenvalue weighted by Gasteiger charge is -2.27. The summed E-state index contributed by atoms with van der Waals surface area (Å²) in [4.78, 5) is 25.5. The summed E-state index contributed by atoms with van der Waals surface area (Å²) in [6.45, 7) is 3.38. The zero-order chi connectivity index (χ0) is 18.6. The summed E-state index contributed by atoms with van der Waals surface area (Å²) in [5, 5.41) is 8.60. The van der Waals surface area contributed by atoms with Gasteiger partial charge >= 0.3 is 5.97 Å². The second kappa shape index (κ2) is 7.97. The molecule has 2 atom stereocenters. The number of benzene rings is 1. The predicted octanol–water partition coefficient (Wildman–Crippen LogP) is 1.00. The van der Waals surface area contributed by atoms with Gasteiger partial charge < -0.3 is 10.0 Å². The van der Waals surface area contributed by atoms with Gasteiger partial charge in [-0.05, 0) is 38.7 Å². The third-order valence-electron chi connectivity index (χ3n) is 4.33. The summed E-state index contributed by atoms with van der Waals surface area (Å²) in [5.41, 5.74) is 0.804. The minimum absolute atomic E-state index is 0.175. The van der Waals surface area contributed by atoms with E-state index < -0.39 is 39.2 Å². The number of nitrogens with one attached hydrogen (secondary N) is 1. The lowest BCUT2D eigenvalue weighted by molar-refractivity contribution is -0.148. The maximum absolute atomic E-state index is 12.9. The highest BCUT2D eigenvalue weighted by Crippen LogP contribution is 2.20. The molecule has 1 fully saturated rings. The number of carboxylic acids is 1. The van der Waals surface area contributed by atoms with Gasteiger partial charge in [-0.25, -0.2) is 17.9 Å². The molecule has 0 bridgehead atoms. The smallest absolute Gasteiger partial charge is 0.326 e. The molecule has 0 saturated carbocycles. The van der Waals surface area contributed by atoms with Gasteiger partial charge in [-0.2, -0.15) is 0 Å². The molecule has 0 spiro atoms. The van der Waals surface area contributed by atoms with Crippen molar-refractivity contribution in [3.8, 4) is 0 Å². The zero-order valence-electron chi connectivity index (χ0n) is 14.4. The Morgan fingerprint density at radius 2 is 1.92 bits per heavy atom. The molecule has 25 heavy (non-hydrogen) atoms. The maximum Gasteiger partial charge on any atom is 0.326 e. The average molecular weight is 368 g/mol. The number of carboxylic acid groups (broad SMARTS) is 1. The summed E-state index contributed by atoms with van der Waals surface area (Å²) < 4.78 is 27.0. The molecule has 1 heterocycles.